The molecule has 1 aromatic rings. The summed E-state index contributed by atoms with van der Waals surface area (Å²) in [4.78, 5) is 12.4. The van der Waals surface area contributed by atoms with Crippen LogP contribution in [0, 0.1) is 5.92 Å². The van der Waals surface area contributed by atoms with Gasteiger partial charge in [0.15, 0.2) is 0 Å². The lowest BCUT2D eigenvalue weighted by molar-refractivity contribution is 0.0919. The molecule has 0 radical (unpaired) electrons. The van der Waals surface area contributed by atoms with E-state index in [2.05, 4.69) is 12.2 Å². The Labute approximate surface area is 139 Å². The van der Waals surface area contributed by atoms with E-state index >= 15 is 0 Å². The van der Waals surface area contributed by atoms with E-state index in [9.17, 15) is 13.2 Å². The average Bonchev–Trinajstić information content (AvgIpc) is 2.45. The second kappa shape index (κ2) is 6.61. The van der Waals surface area contributed by atoms with Crippen LogP contribution < -0.4 is 5.32 Å². The number of amides is 1. The van der Waals surface area contributed by atoms with Crippen LogP contribution >= 0.6 is 0 Å². The molecule has 1 amide bonds. The van der Waals surface area contributed by atoms with Crippen LogP contribution in [0.1, 0.15) is 50.9 Å². The molecule has 0 aliphatic carbocycles. The van der Waals surface area contributed by atoms with Gasteiger partial charge in [0.2, 0.25) is 10.0 Å². The lowest BCUT2D eigenvalue weighted by Gasteiger charge is -2.30. The Morgan fingerprint density at radius 2 is 2.00 bits per heavy atom. The van der Waals surface area contributed by atoms with Crippen LogP contribution in [0.2, 0.25) is 0 Å². The zero-order chi connectivity index (χ0) is 17.3. The summed E-state index contributed by atoms with van der Waals surface area (Å²) < 4.78 is 27.1. The first kappa shape index (κ1) is 17.9. The number of nitrogens with one attached hydrogen (secondary N) is 1. The van der Waals surface area contributed by atoms with Crippen LogP contribution in [0.15, 0.2) is 29.2 Å². The molecule has 1 atom stereocenters. The maximum Gasteiger partial charge on any atom is 0.251 e. The molecule has 1 fully saturated rings. The van der Waals surface area contributed by atoms with Gasteiger partial charge in [-0.05, 0) is 57.7 Å². The van der Waals surface area contributed by atoms with Crippen LogP contribution in [0.5, 0.6) is 0 Å². The first-order valence-electron chi connectivity index (χ1n) is 8.02. The van der Waals surface area contributed by atoms with E-state index in [-0.39, 0.29) is 16.3 Å². The highest BCUT2D eigenvalue weighted by atomic mass is 32.2. The van der Waals surface area contributed by atoms with Crippen molar-refractivity contribution in [2.45, 2.75) is 51.0 Å². The molecule has 23 heavy (non-hydrogen) atoms. The Morgan fingerprint density at radius 3 is 2.61 bits per heavy atom. The SMILES string of the molecule is CC1CCCN(S(=O)(=O)c2cccc(C(=O)NC(C)(C)C)c2)C1. The molecular weight excluding hydrogens is 312 g/mol. The second-order valence-corrected chi connectivity index (χ2v) is 9.28. The molecular formula is C17H26N2O3S. The quantitative estimate of drug-likeness (QED) is 0.921. The monoisotopic (exact) mass is 338 g/mol. The zero-order valence-corrected chi connectivity index (χ0v) is 15.1. The van der Waals surface area contributed by atoms with Gasteiger partial charge in [-0.15, -0.1) is 0 Å². The molecule has 1 aliphatic heterocycles. The van der Waals surface area contributed by atoms with Crippen molar-refractivity contribution in [3.63, 3.8) is 0 Å². The molecule has 1 heterocycles. The van der Waals surface area contributed by atoms with Gasteiger partial charge in [-0.3, -0.25) is 4.79 Å². The van der Waals surface area contributed by atoms with Crippen molar-refractivity contribution in [2.24, 2.45) is 5.92 Å². The number of rotatable bonds is 3. The third-order valence-electron chi connectivity index (χ3n) is 3.84. The molecule has 2 rings (SSSR count). The highest BCUT2D eigenvalue weighted by Crippen LogP contribution is 2.24. The van der Waals surface area contributed by atoms with Crippen LogP contribution in [0.25, 0.3) is 0 Å². The normalized spacial score (nSPS) is 20.3. The molecule has 5 nitrogen and oxygen atoms in total. The van der Waals surface area contributed by atoms with Crippen molar-refractivity contribution >= 4 is 15.9 Å². The van der Waals surface area contributed by atoms with Crippen LogP contribution in [0.3, 0.4) is 0 Å². The molecule has 1 aliphatic rings. The Balaban J connectivity index is 2.26. The van der Waals surface area contributed by atoms with Gasteiger partial charge in [0.25, 0.3) is 5.91 Å². The summed E-state index contributed by atoms with van der Waals surface area (Å²) in [7, 11) is -3.54. The summed E-state index contributed by atoms with van der Waals surface area (Å²) >= 11 is 0. The Bertz CT molecular complexity index is 677. The Hall–Kier alpha value is -1.40. The van der Waals surface area contributed by atoms with E-state index in [4.69, 9.17) is 0 Å². The van der Waals surface area contributed by atoms with Gasteiger partial charge in [-0.1, -0.05) is 13.0 Å². The van der Waals surface area contributed by atoms with Crippen molar-refractivity contribution in [2.75, 3.05) is 13.1 Å². The molecule has 1 unspecified atom stereocenters. The van der Waals surface area contributed by atoms with Gasteiger partial charge in [0, 0.05) is 24.2 Å². The van der Waals surface area contributed by atoms with E-state index in [1.165, 1.54) is 10.4 Å². The molecule has 0 saturated carbocycles. The van der Waals surface area contributed by atoms with Gasteiger partial charge in [0.05, 0.1) is 4.90 Å². The van der Waals surface area contributed by atoms with E-state index < -0.39 is 10.0 Å². The number of benzene rings is 1. The fourth-order valence-electron chi connectivity index (χ4n) is 2.72. The number of piperidine rings is 1. The molecule has 0 aromatic heterocycles. The predicted octanol–water partition coefficient (Wildman–Crippen LogP) is 2.64. The average molecular weight is 338 g/mol. The summed E-state index contributed by atoms with van der Waals surface area (Å²) in [5, 5.41) is 2.85. The van der Waals surface area contributed by atoms with Crippen LogP contribution in [-0.2, 0) is 10.0 Å². The smallest absolute Gasteiger partial charge is 0.251 e. The summed E-state index contributed by atoms with van der Waals surface area (Å²) in [6, 6.07) is 6.29. The first-order valence-corrected chi connectivity index (χ1v) is 9.46. The zero-order valence-electron chi connectivity index (χ0n) is 14.3. The molecule has 1 saturated heterocycles. The predicted molar refractivity (Wildman–Crippen MR) is 90.8 cm³/mol. The van der Waals surface area contributed by atoms with E-state index in [0.29, 0.717) is 24.6 Å². The van der Waals surface area contributed by atoms with E-state index in [1.54, 1.807) is 18.2 Å². The standard InChI is InChI=1S/C17H26N2O3S/c1-13-7-6-10-19(12-13)23(21,22)15-9-5-8-14(11-15)16(20)18-17(2,3)4/h5,8-9,11,13H,6-7,10,12H2,1-4H3,(H,18,20). The third-order valence-corrected chi connectivity index (χ3v) is 5.70. The van der Waals surface area contributed by atoms with Gasteiger partial charge in [-0.25, -0.2) is 8.42 Å². The number of nitrogens with zero attached hydrogens (tertiary/aromatic N) is 1. The van der Waals surface area contributed by atoms with Crippen molar-refractivity contribution in [3.8, 4) is 0 Å². The fourth-order valence-corrected chi connectivity index (χ4v) is 4.37. The molecule has 1 aromatic carbocycles. The number of carbonyl (C=O) groups is 1. The highest BCUT2D eigenvalue weighted by molar-refractivity contribution is 7.89. The molecule has 0 spiro atoms. The van der Waals surface area contributed by atoms with Gasteiger partial charge in [-0.2, -0.15) is 4.31 Å². The summed E-state index contributed by atoms with van der Waals surface area (Å²) in [5.74, 6) is 0.104. The molecule has 128 valence electrons. The Morgan fingerprint density at radius 1 is 1.30 bits per heavy atom. The molecule has 1 N–H and O–H groups in total. The Kier molecular flexibility index (Phi) is 5.16. The van der Waals surface area contributed by atoms with Crippen molar-refractivity contribution in [3.05, 3.63) is 29.8 Å². The fraction of sp³-hybridized carbons (Fsp3) is 0.588. The van der Waals surface area contributed by atoms with Gasteiger partial charge < -0.3 is 5.32 Å². The molecule has 6 heteroatoms. The van der Waals surface area contributed by atoms with Crippen molar-refractivity contribution in [1.82, 2.24) is 9.62 Å². The topological polar surface area (TPSA) is 66.5 Å². The van der Waals surface area contributed by atoms with Crippen molar-refractivity contribution in [1.29, 1.82) is 0 Å². The number of sulfonamides is 1. The minimum absolute atomic E-state index is 0.188. The third kappa shape index (κ3) is 4.54. The minimum Gasteiger partial charge on any atom is -0.347 e. The minimum atomic E-state index is -3.54. The summed E-state index contributed by atoms with van der Waals surface area (Å²) in [6.45, 7) is 8.82. The van der Waals surface area contributed by atoms with Crippen molar-refractivity contribution < 1.29 is 13.2 Å². The first-order chi connectivity index (χ1) is 10.6. The maximum atomic E-state index is 12.8. The lowest BCUT2D eigenvalue weighted by Crippen LogP contribution is -2.41. The number of hydrogen-bond acceptors (Lipinski definition) is 3. The van der Waals surface area contributed by atoms with Crippen LogP contribution in [0.4, 0.5) is 0 Å². The largest absolute Gasteiger partial charge is 0.347 e. The van der Waals surface area contributed by atoms with E-state index in [1.807, 2.05) is 20.8 Å². The lowest BCUT2D eigenvalue weighted by atomic mass is 10.0. The second-order valence-electron chi connectivity index (χ2n) is 7.34. The number of carbonyl (C=O) groups excluding carboxylic acids is 1. The summed E-state index contributed by atoms with van der Waals surface area (Å²) in [6.07, 6.45) is 1.94. The van der Waals surface area contributed by atoms with Gasteiger partial charge >= 0.3 is 0 Å². The van der Waals surface area contributed by atoms with Gasteiger partial charge in [0.1, 0.15) is 0 Å². The van der Waals surface area contributed by atoms with Crippen LogP contribution in [-0.4, -0.2) is 37.3 Å². The molecule has 0 bridgehead atoms. The van der Waals surface area contributed by atoms with E-state index in [0.717, 1.165) is 12.8 Å². The number of hydrogen-bond donors (Lipinski definition) is 1. The summed E-state index contributed by atoms with van der Waals surface area (Å²) in [5.41, 5.74) is -0.0000804. The highest BCUT2D eigenvalue weighted by Gasteiger charge is 2.29. The maximum absolute atomic E-state index is 12.8.